The summed E-state index contributed by atoms with van der Waals surface area (Å²) in [5.74, 6) is -0.872. The second-order valence-corrected chi connectivity index (χ2v) is 11.4. The summed E-state index contributed by atoms with van der Waals surface area (Å²) in [7, 11) is 0. The zero-order chi connectivity index (χ0) is 29.2. The van der Waals surface area contributed by atoms with Gasteiger partial charge < -0.3 is 16.0 Å². The van der Waals surface area contributed by atoms with Crippen molar-refractivity contribution in [2.75, 3.05) is 10.6 Å². The molecule has 1 heterocycles. The van der Waals surface area contributed by atoms with Gasteiger partial charge in [-0.2, -0.15) is 11.3 Å². The lowest BCUT2D eigenvalue weighted by Gasteiger charge is -2.18. The number of para-hydroxylation sites is 1. The molecule has 8 heteroatoms. The van der Waals surface area contributed by atoms with Gasteiger partial charge in [0.25, 0.3) is 11.8 Å². The van der Waals surface area contributed by atoms with Crippen LogP contribution in [0.25, 0.3) is 6.08 Å². The first-order valence-electron chi connectivity index (χ1n) is 13.5. The second-order valence-electron chi connectivity index (χ2n) is 9.38. The van der Waals surface area contributed by atoms with Crippen molar-refractivity contribution in [3.63, 3.8) is 0 Å². The maximum Gasteiger partial charge on any atom is 0.272 e. The van der Waals surface area contributed by atoms with Gasteiger partial charge in [-0.15, -0.1) is 11.8 Å². The molecule has 0 aliphatic heterocycles. The summed E-state index contributed by atoms with van der Waals surface area (Å²) in [6.45, 7) is 6.06. The number of amides is 3. The molecule has 3 aromatic carbocycles. The fourth-order valence-corrected chi connectivity index (χ4v) is 5.84. The number of anilines is 2. The minimum absolute atomic E-state index is 0.0551. The number of thioether (sulfide) groups is 1. The van der Waals surface area contributed by atoms with E-state index in [4.69, 9.17) is 0 Å². The van der Waals surface area contributed by atoms with Crippen molar-refractivity contribution < 1.29 is 14.4 Å². The summed E-state index contributed by atoms with van der Waals surface area (Å²) in [6.07, 6.45) is 3.12. The van der Waals surface area contributed by atoms with Gasteiger partial charge in [-0.05, 0) is 89.7 Å². The Kier molecular flexibility index (Phi) is 10.5. The van der Waals surface area contributed by atoms with E-state index in [0.717, 1.165) is 33.7 Å². The van der Waals surface area contributed by atoms with Gasteiger partial charge in [0.15, 0.2) is 0 Å². The Morgan fingerprint density at radius 1 is 0.927 bits per heavy atom. The fourth-order valence-electron chi connectivity index (χ4n) is 4.20. The largest absolute Gasteiger partial charge is 0.325 e. The van der Waals surface area contributed by atoms with Crippen molar-refractivity contribution in [3.05, 3.63) is 118 Å². The molecule has 210 valence electrons. The van der Waals surface area contributed by atoms with Crippen LogP contribution in [0.15, 0.2) is 100 Å². The number of hydrogen-bond donors (Lipinski definition) is 3. The molecule has 0 bridgehead atoms. The highest BCUT2D eigenvalue weighted by molar-refractivity contribution is 8.00. The molecule has 6 nitrogen and oxygen atoms in total. The maximum absolute atomic E-state index is 13.3. The molecule has 0 fully saturated rings. The number of carbonyl (C=O) groups is 3. The van der Waals surface area contributed by atoms with Gasteiger partial charge in [-0.25, -0.2) is 0 Å². The average Bonchev–Trinajstić information content (AvgIpc) is 3.50. The monoisotopic (exact) mass is 583 g/mol. The van der Waals surface area contributed by atoms with E-state index in [1.165, 1.54) is 23.1 Å². The van der Waals surface area contributed by atoms with Crippen molar-refractivity contribution in [2.24, 2.45) is 0 Å². The van der Waals surface area contributed by atoms with E-state index >= 15 is 0 Å². The number of rotatable bonds is 11. The average molecular weight is 584 g/mol. The smallest absolute Gasteiger partial charge is 0.272 e. The summed E-state index contributed by atoms with van der Waals surface area (Å²) in [4.78, 5) is 40.3. The Morgan fingerprint density at radius 2 is 1.71 bits per heavy atom. The van der Waals surface area contributed by atoms with Crippen molar-refractivity contribution in [3.8, 4) is 0 Å². The maximum atomic E-state index is 13.3. The van der Waals surface area contributed by atoms with Crippen molar-refractivity contribution in [1.82, 2.24) is 5.32 Å². The zero-order valence-electron chi connectivity index (χ0n) is 23.3. The Morgan fingerprint density at radius 3 is 2.41 bits per heavy atom. The Balaban J connectivity index is 1.48. The van der Waals surface area contributed by atoms with Gasteiger partial charge in [-0.3, -0.25) is 14.4 Å². The SMILES string of the molecule is CCc1cccc(C)c1NC(=O)C(CC)Sc1cccc(NC(=O)/C(=C/c2ccsc2)NC(=O)c2ccccc2)c1. The summed E-state index contributed by atoms with van der Waals surface area (Å²) < 4.78 is 0. The van der Waals surface area contributed by atoms with Gasteiger partial charge in [0.1, 0.15) is 5.70 Å². The molecule has 3 N–H and O–H groups in total. The highest BCUT2D eigenvalue weighted by atomic mass is 32.2. The summed E-state index contributed by atoms with van der Waals surface area (Å²) in [5.41, 5.74) is 4.98. The number of thiophene rings is 1. The van der Waals surface area contributed by atoms with Crippen LogP contribution in [0.1, 0.15) is 47.3 Å². The summed E-state index contributed by atoms with van der Waals surface area (Å²) in [6, 6.07) is 24.0. The van der Waals surface area contributed by atoms with Crippen LogP contribution in [0.4, 0.5) is 11.4 Å². The second kappa shape index (κ2) is 14.5. The number of hydrogen-bond acceptors (Lipinski definition) is 5. The van der Waals surface area contributed by atoms with Crippen LogP contribution in [-0.4, -0.2) is 23.0 Å². The van der Waals surface area contributed by atoms with Gasteiger partial charge in [0.05, 0.1) is 5.25 Å². The first-order chi connectivity index (χ1) is 19.9. The van der Waals surface area contributed by atoms with Crippen LogP contribution >= 0.6 is 23.1 Å². The van der Waals surface area contributed by atoms with E-state index in [1.54, 1.807) is 36.4 Å². The Bertz CT molecular complexity index is 1530. The standard InChI is InChI=1S/C33H33N3O3S2/c1-4-24-14-9-11-22(3)30(24)36-33(39)29(5-2)41-27-16-10-15-26(20-27)34-32(38)28(19-23-17-18-40-21-23)35-31(37)25-12-7-6-8-13-25/h6-21,29H,4-5H2,1-3H3,(H,34,38)(H,35,37)(H,36,39)/b28-19-. The fraction of sp³-hybridized carbons (Fsp3) is 0.182. The van der Waals surface area contributed by atoms with Crippen LogP contribution < -0.4 is 16.0 Å². The molecular formula is C33H33N3O3S2. The lowest BCUT2D eigenvalue weighted by Crippen LogP contribution is -2.30. The molecule has 0 aliphatic carbocycles. The van der Waals surface area contributed by atoms with Crippen LogP contribution in [0.5, 0.6) is 0 Å². The van der Waals surface area contributed by atoms with Gasteiger partial charge in [0, 0.05) is 21.8 Å². The van der Waals surface area contributed by atoms with E-state index in [0.29, 0.717) is 17.7 Å². The third-order valence-electron chi connectivity index (χ3n) is 6.40. The number of nitrogens with one attached hydrogen (secondary N) is 3. The van der Waals surface area contributed by atoms with Gasteiger partial charge in [-0.1, -0.05) is 56.3 Å². The van der Waals surface area contributed by atoms with Crippen molar-refractivity contribution in [1.29, 1.82) is 0 Å². The molecule has 0 aliphatic rings. The molecule has 1 atom stereocenters. The quantitative estimate of drug-likeness (QED) is 0.126. The predicted molar refractivity (Wildman–Crippen MR) is 170 cm³/mol. The molecule has 1 aromatic heterocycles. The normalized spacial score (nSPS) is 11.9. The van der Waals surface area contributed by atoms with Crippen LogP contribution in [0, 0.1) is 6.92 Å². The van der Waals surface area contributed by atoms with Crippen LogP contribution in [-0.2, 0) is 16.0 Å². The molecule has 3 amide bonds. The van der Waals surface area contributed by atoms with E-state index < -0.39 is 5.91 Å². The van der Waals surface area contributed by atoms with E-state index in [2.05, 4.69) is 22.9 Å². The molecule has 0 spiro atoms. The Hall–Kier alpha value is -4.14. The molecule has 4 rings (SSSR count). The molecular weight excluding hydrogens is 551 g/mol. The third kappa shape index (κ3) is 8.19. The zero-order valence-corrected chi connectivity index (χ0v) is 24.9. The highest BCUT2D eigenvalue weighted by Crippen LogP contribution is 2.30. The minimum Gasteiger partial charge on any atom is -0.325 e. The van der Waals surface area contributed by atoms with Crippen LogP contribution in [0.3, 0.4) is 0 Å². The van der Waals surface area contributed by atoms with Gasteiger partial charge >= 0.3 is 0 Å². The third-order valence-corrected chi connectivity index (χ3v) is 8.46. The molecule has 1 unspecified atom stereocenters. The molecule has 0 saturated carbocycles. The van der Waals surface area contributed by atoms with Gasteiger partial charge in [0.2, 0.25) is 5.91 Å². The topological polar surface area (TPSA) is 87.3 Å². The van der Waals surface area contributed by atoms with Crippen LogP contribution in [0.2, 0.25) is 0 Å². The number of benzene rings is 3. The first kappa shape index (κ1) is 29.8. The molecule has 4 aromatic rings. The van der Waals surface area contributed by atoms with E-state index in [-0.39, 0.29) is 22.8 Å². The minimum atomic E-state index is -0.445. The Labute approximate surface area is 249 Å². The summed E-state index contributed by atoms with van der Waals surface area (Å²) in [5, 5.41) is 12.3. The van der Waals surface area contributed by atoms with Crippen molar-refractivity contribution >= 4 is 58.3 Å². The lowest BCUT2D eigenvalue weighted by molar-refractivity contribution is -0.116. The first-order valence-corrected chi connectivity index (χ1v) is 15.3. The predicted octanol–water partition coefficient (Wildman–Crippen LogP) is 7.54. The summed E-state index contributed by atoms with van der Waals surface area (Å²) >= 11 is 2.95. The molecule has 41 heavy (non-hydrogen) atoms. The number of carbonyl (C=O) groups excluding carboxylic acids is 3. The lowest BCUT2D eigenvalue weighted by atomic mass is 10.1. The van der Waals surface area contributed by atoms with E-state index in [1.807, 2.05) is 73.1 Å². The van der Waals surface area contributed by atoms with E-state index in [9.17, 15) is 14.4 Å². The highest BCUT2D eigenvalue weighted by Gasteiger charge is 2.21. The van der Waals surface area contributed by atoms with Crippen molar-refractivity contribution in [2.45, 2.75) is 43.8 Å². The molecule has 0 saturated heterocycles. The number of aryl methyl sites for hydroxylation is 2. The molecule has 0 radical (unpaired) electrons.